The lowest BCUT2D eigenvalue weighted by molar-refractivity contribution is -0.137. The van der Waals surface area contributed by atoms with Crippen molar-refractivity contribution < 1.29 is 34.1 Å². The highest BCUT2D eigenvalue weighted by atomic mass is 16.6. The first-order chi connectivity index (χ1) is 14.3. The molecule has 5 aliphatic rings. The van der Waals surface area contributed by atoms with Crippen molar-refractivity contribution in [3.8, 4) is 11.5 Å². The van der Waals surface area contributed by atoms with Crippen LogP contribution < -0.4 is 0 Å². The van der Waals surface area contributed by atoms with Gasteiger partial charge in [0.25, 0.3) is 0 Å². The Hall–Kier alpha value is -2.83. The number of allylic oxidation sites excluding steroid dienone is 1. The molecule has 4 aliphatic carbocycles. The van der Waals surface area contributed by atoms with Crippen molar-refractivity contribution in [3.63, 3.8) is 0 Å². The van der Waals surface area contributed by atoms with Crippen molar-refractivity contribution in [2.75, 3.05) is 13.2 Å². The van der Waals surface area contributed by atoms with Gasteiger partial charge in [-0.05, 0) is 67.8 Å². The van der Waals surface area contributed by atoms with Crippen molar-refractivity contribution in [2.45, 2.75) is 43.9 Å². The van der Waals surface area contributed by atoms with Gasteiger partial charge >= 0.3 is 5.97 Å². The van der Waals surface area contributed by atoms with Crippen molar-refractivity contribution in [3.05, 3.63) is 35.1 Å². The minimum atomic E-state index is -0.771. The number of aromatic hydroxyl groups is 2. The molecule has 4 bridgehead atoms. The summed E-state index contributed by atoms with van der Waals surface area (Å²) in [6, 6.07) is 2.80. The quantitative estimate of drug-likeness (QED) is 0.578. The number of hydrogen-bond acceptors (Lipinski definition) is 7. The molecular weight excluding hydrogens is 388 g/mol. The van der Waals surface area contributed by atoms with E-state index in [-0.39, 0.29) is 41.5 Å². The molecule has 7 nitrogen and oxygen atoms in total. The largest absolute Gasteiger partial charge is 0.508 e. The Balaban J connectivity index is 1.39. The number of benzene rings is 1. The first-order valence-corrected chi connectivity index (χ1v) is 10.5. The zero-order valence-electron chi connectivity index (χ0n) is 16.6. The third kappa shape index (κ3) is 3.16. The van der Waals surface area contributed by atoms with Crippen LogP contribution in [0.4, 0.5) is 0 Å². The van der Waals surface area contributed by atoms with Crippen LogP contribution in [-0.2, 0) is 24.5 Å². The van der Waals surface area contributed by atoms with E-state index < -0.39 is 17.5 Å². The monoisotopic (exact) mass is 412 g/mol. The number of phenolic OH excluding ortho intramolecular Hbond substituents is 2. The summed E-state index contributed by atoms with van der Waals surface area (Å²) >= 11 is 0. The predicted octanol–water partition coefficient (Wildman–Crippen LogP) is 2.77. The van der Waals surface area contributed by atoms with Gasteiger partial charge in [0.1, 0.15) is 29.4 Å². The van der Waals surface area contributed by atoms with Gasteiger partial charge < -0.3 is 19.7 Å². The first-order valence-electron chi connectivity index (χ1n) is 10.5. The molecule has 4 fully saturated rings. The van der Waals surface area contributed by atoms with Crippen molar-refractivity contribution >= 4 is 17.5 Å². The fourth-order valence-corrected chi connectivity index (χ4v) is 6.40. The van der Waals surface area contributed by atoms with Crippen molar-refractivity contribution in [2.24, 2.45) is 17.8 Å². The molecule has 1 aliphatic heterocycles. The number of ether oxygens (including phenoxy) is 2. The average molecular weight is 412 g/mol. The minimum absolute atomic E-state index is 0.0163. The van der Waals surface area contributed by atoms with E-state index in [4.69, 9.17) is 9.47 Å². The lowest BCUT2D eigenvalue weighted by atomic mass is 9.48. The lowest BCUT2D eigenvalue weighted by Crippen LogP contribution is -2.48. The molecule has 2 N–H and O–H groups in total. The topological polar surface area (TPSA) is 110 Å². The molecule has 1 heterocycles. The van der Waals surface area contributed by atoms with Crippen molar-refractivity contribution in [1.82, 2.24) is 0 Å². The molecule has 30 heavy (non-hydrogen) atoms. The first kappa shape index (κ1) is 19.2. The molecule has 0 saturated heterocycles. The van der Waals surface area contributed by atoms with E-state index in [9.17, 15) is 24.6 Å². The van der Waals surface area contributed by atoms with Gasteiger partial charge in [0.2, 0.25) is 11.6 Å². The van der Waals surface area contributed by atoms with Gasteiger partial charge in [-0.3, -0.25) is 9.59 Å². The molecule has 0 unspecified atom stereocenters. The van der Waals surface area contributed by atoms with Crippen LogP contribution in [-0.4, -0.2) is 41.0 Å². The molecule has 0 radical (unpaired) electrons. The normalized spacial score (nSPS) is 32.0. The molecule has 0 aromatic heterocycles. The van der Waals surface area contributed by atoms with Crippen molar-refractivity contribution in [1.29, 1.82) is 0 Å². The van der Waals surface area contributed by atoms with E-state index in [0.29, 0.717) is 17.8 Å². The number of carbonyl (C=O) groups excluding carboxylic acids is 3. The van der Waals surface area contributed by atoms with Crippen LogP contribution in [0, 0.1) is 17.8 Å². The highest BCUT2D eigenvalue weighted by molar-refractivity contribution is 6.42. The Morgan fingerprint density at radius 1 is 1.03 bits per heavy atom. The molecule has 1 aromatic rings. The molecule has 1 aromatic carbocycles. The van der Waals surface area contributed by atoms with Crippen LogP contribution in [0.15, 0.2) is 24.0 Å². The zero-order chi connectivity index (χ0) is 21.0. The van der Waals surface area contributed by atoms with E-state index in [1.807, 2.05) is 0 Å². The molecule has 7 heteroatoms. The summed E-state index contributed by atoms with van der Waals surface area (Å²) in [5.41, 5.74) is 0.557. The average Bonchev–Trinajstić information content (AvgIpc) is 2.67. The van der Waals surface area contributed by atoms with Gasteiger partial charge in [0, 0.05) is 17.7 Å². The summed E-state index contributed by atoms with van der Waals surface area (Å²) < 4.78 is 10.3. The summed E-state index contributed by atoms with van der Waals surface area (Å²) in [6.45, 7) is -0.687. The van der Waals surface area contributed by atoms with Gasteiger partial charge in [-0.1, -0.05) is 0 Å². The third-order valence-corrected chi connectivity index (χ3v) is 7.24. The standard InChI is InChI=1S/C23H24O7/c24-18-6-19(25)17(23-7-12-1-13(8-23)3-14(2-12)9-23)5-16(18)22(28)30-10-15-4-20(26)21(27)11-29-15/h4-6,12-14,24-25H,1-3,7-11H2. The summed E-state index contributed by atoms with van der Waals surface area (Å²) in [5, 5.41) is 20.9. The van der Waals surface area contributed by atoms with E-state index in [0.717, 1.165) is 30.9 Å². The molecule has 6 rings (SSSR count). The van der Waals surface area contributed by atoms with Gasteiger partial charge in [0.15, 0.2) is 6.61 Å². The van der Waals surface area contributed by atoms with Crippen LogP contribution >= 0.6 is 0 Å². The molecular formula is C23H24O7. The van der Waals surface area contributed by atoms with Crippen LogP contribution in [0.3, 0.4) is 0 Å². The molecule has 4 saturated carbocycles. The summed E-state index contributed by atoms with van der Waals surface area (Å²) in [4.78, 5) is 35.3. The van der Waals surface area contributed by atoms with E-state index >= 15 is 0 Å². The number of ketones is 2. The smallest absolute Gasteiger partial charge is 0.342 e. The maximum absolute atomic E-state index is 12.6. The second-order valence-corrected chi connectivity index (χ2v) is 9.35. The molecule has 0 amide bonds. The second-order valence-electron chi connectivity index (χ2n) is 9.35. The Morgan fingerprint density at radius 2 is 1.67 bits per heavy atom. The van der Waals surface area contributed by atoms with E-state index in [2.05, 4.69) is 0 Å². The number of hydrogen-bond donors (Lipinski definition) is 2. The van der Waals surface area contributed by atoms with Crippen LogP contribution in [0.5, 0.6) is 11.5 Å². The van der Waals surface area contributed by atoms with Gasteiger partial charge in [-0.15, -0.1) is 0 Å². The van der Waals surface area contributed by atoms with Crippen LogP contribution in [0.25, 0.3) is 0 Å². The Kier molecular flexibility index (Phi) is 4.38. The summed E-state index contributed by atoms with van der Waals surface area (Å²) in [5.74, 6) is -0.365. The molecule has 0 spiro atoms. The maximum atomic E-state index is 12.6. The molecule has 158 valence electrons. The SMILES string of the molecule is O=C1C=C(COC(=O)c2cc(C34CC5CC(CC(C5)C3)C4)c(O)cc2O)OCC1=O. The third-order valence-electron chi connectivity index (χ3n) is 7.24. The van der Waals surface area contributed by atoms with Crippen LogP contribution in [0.1, 0.15) is 54.4 Å². The van der Waals surface area contributed by atoms with Gasteiger partial charge in [-0.2, -0.15) is 0 Å². The number of phenols is 2. The number of rotatable bonds is 4. The summed E-state index contributed by atoms with van der Waals surface area (Å²) in [6.07, 6.45) is 7.78. The zero-order valence-corrected chi connectivity index (χ0v) is 16.6. The number of esters is 1. The number of carbonyl (C=O) groups is 3. The molecule has 0 atom stereocenters. The van der Waals surface area contributed by atoms with Crippen LogP contribution in [0.2, 0.25) is 0 Å². The van der Waals surface area contributed by atoms with E-state index in [1.54, 1.807) is 6.07 Å². The maximum Gasteiger partial charge on any atom is 0.342 e. The Bertz CT molecular complexity index is 939. The highest BCUT2D eigenvalue weighted by Crippen LogP contribution is 2.62. The van der Waals surface area contributed by atoms with Gasteiger partial charge in [-0.25, -0.2) is 4.79 Å². The predicted molar refractivity (Wildman–Crippen MR) is 104 cm³/mol. The fourth-order valence-electron chi connectivity index (χ4n) is 6.40. The Labute approximate surface area is 173 Å². The van der Waals surface area contributed by atoms with E-state index in [1.165, 1.54) is 25.3 Å². The van der Waals surface area contributed by atoms with Gasteiger partial charge in [0.05, 0.1) is 0 Å². The Morgan fingerprint density at radius 3 is 2.27 bits per heavy atom. The summed E-state index contributed by atoms with van der Waals surface area (Å²) in [7, 11) is 0. The number of Topliss-reactive ketones (excluding diaryl/α,β-unsaturated/α-hetero) is 1. The minimum Gasteiger partial charge on any atom is -0.508 e. The highest BCUT2D eigenvalue weighted by Gasteiger charge is 2.52. The second kappa shape index (κ2) is 6.86. The lowest BCUT2D eigenvalue weighted by Gasteiger charge is -2.57. The fraction of sp³-hybridized carbons (Fsp3) is 0.522.